The molecule has 7 nitrogen and oxygen atoms in total. The topological polar surface area (TPSA) is 97.3 Å². The van der Waals surface area contributed by atoms with Crippen molar-refractivity contribution in [1.29, 1.82) is 5.26 Å². The van der Waals surface area contributed by atoms with Crippen molar-refractivity contribution in [3.8, 4) is 12.0 Å². The Labute approximate surface area is 168 Å². The van der Waals surface area contributed by atoms with Gasteiger partial charge in [-0.15, -0.1) is 0 Å². The fourth-order valence-electron chi connectivity index (χ4n) is 2.92. The summed E-state index contributed by atoms with van der Waals surface area (Å²) in [6.45, 7) is 3.50. The minimum absolute atomic E-state index is 0.0279. The van der Waals surface area contributed by atoms with Gasteiger partial charge in [0.1, 0.15) is 23.0 Å². The average Bonchev–Trinajstić information content (AvgIpc) is 3.35. The van der Waals surface area contributed by atoms with Crippen LogP contribution in [0.25, 0.3) is 5.88 Å². The van der Waals surface area contributed by atoms with E-state index in [1.54, 1.807) is 36.0 Å². The molecule has 0 spiro atoms. The van der Waals surface area contributed by atoms with Gasteiger partial charge in [0.15, 0.2) is 6.10 Å². The summed E-state index contributed by atoms with van der Waals surface area (Å²) in [5.74, 6) is -0.680. The number of hydrogen-bond acceptors (Lipinski definition) is 5. The van der Waals surface area contributed by atoms with E-state index in [0.717, 1.165) is 5.56 Å². The minimum Gasteiger partial charge on any atom is -0.449 e. The number of amides is 1. The van der Waals surface area contributed by atoms with Crippen molar-refractivity contribution in [1.82, 2.24) is 9.88 Å². The number of carbonyl (C=O) groups excluding carboxylic acids is 2. The number of carbonyl (C=O) groups is 2. The molecule has 3 aromatic rings. The summed E-state index contributed by atoms with van der Waals surface area (Å²) in [7, 11) is 0. The summed E-state index contributed by atoms with van der Waals surface area (Å²) < 4.78 is 12.5. The van der Waals surface area contributed by atoms with E-state index in [2.05, 4.69) is 5.32 Å². The molecule has 0 aliphatic rings. The van der Waals surface area contributed by atoms with E-state index < -0.39 is 18.0 Å². The molecule has 29 heavy (non-hydrogen) atoms. The second-order valence-corrected chi connectivity index (χ2v) is 6.49. The van der Waals surface area contributed by atoms with Crippen molar-refractivity contribution in [3.63, 3.8) is 0 Å². The Morgan fingerprint density at radius 1 is 1.21 bits per heavy atom. The van der Waals surface area contributed by atoms with Crippen LogP contribution < -0.4 is 5.32 Å². The number of ether oxygens (including phenoxy) is 1. The maximum absolute atomic E-state index is 12.6. The molecule has 0 saturated heterocycles. The van der Waals surface area contributed by atoms with Crippen molar-refractivity contribution in [2.45, 2.75) is 26.4 Å². The third-order valence-corrected chi connectivity index (χ3v) is 4.43. The highest BCUT2D eigenvalue weighted by Crippen LogP contribution is 2.26. The molecule has 0 aliphatic heterocycles. The lowest BCUT2D eigenvalue weighted by Gasteiger charge is -2.13. The maximum Gasteiger partial charge on any atom is 0.343 e. The monoisotopic (exact) mass is 391 g/mol. The molecule has 7 heteroatoms. The van der Waals surface area contributed by atoms with Gasteiger partial charge in [-0.2, -0.15) is 5.26 Å². The summed E-state index contributed by atoms with van der Waals surface area (Å²) in [5.41, 5.74) is 1.20. The number of nitrogens with zero attached hydrogens (tertiary/aromatic N) is 2. The highest BCUT2D eigenvalue weighted by Gasteiger charge is 2.28. The molecule has 0 aliphatic carbocycles. The van der Waals surface area contributed by atoms with Crippen LogP contribution in [0.2, 0.25) is 0 Å². The number of aromatic nitrogens is 1. The van der Waals surface area contributed by atoms with Gasteiger partial charge < -0.3 is 14.5 Å². The number of aryl methyl sites for hydroxylation is 1. The molecule has 1 atom stereocenters. The van der Waals surface area contributed by atoms with E-state index in [4.69, 9.17) is 9.15 Å². The molecule has 148 valence electrons. The first-order valence-corrected chi connectivity index (χ1v) is 9.20. The van der Waals surface area contributed by atoms with E-state index in [-0.39, 0.29) is 22.8 Å². The number of rotatable bonds is 7. The van der Waals surface area contributed by atoms with Gasteiger partial charge in [-0.05, 0) is 38.0 Å². The molecule has 0 radical (unpaired) electrons. The Morgan fingerprint density at radius 2 is 1.90 bits per heavy atom. The first kappa shape index (κ1) is 20.0. The third-order valence-electron chi connectivity index (χ3n) is 4.43. The molecular weight excluding hydrogens is 370 g/mol. The summed E-state index contributed by atoms with van der Waals surface area (Å²) in [5, 5.41) is 12.3. The zero-order chi connectivity index (χ0) is 20.8. The molecular formula is C22H21N3O4. The SMILES string of the molecule is Cc1oc(-n2cccc2)c(C#N)c1C(=O)O[C@H](C)C(=O)NCCc1ccccc1. The zero-order valence-electron chi connectivity index (χ0n) is 16.2. The molecule has 2 aromatic heterocycles. The van der Waals surface area contributed by atoms with Crippen LogP contribution in [-0.4, -0.2) is 29.1 Å². The van der Waals surface area contributed by atoms with Gasteiger partial charge in [0.05, 0.1) is 0 Å². The Morgan fingerprint density at radius 3 is 2.55 bits per heavy atom. The van der Waals surface area contributed by atoms with Gasteiger partial charge in [-0.3, -0.25) is 9.36 Å². The summed E-state index contributed by atoms with van der Waals surface area (Å²) in [6, 6.07) is 15.3. The largest absolute Gasteiger partial charge is 0.449 e. The maximum atomic E-state index is 12.6. The first-order valence-electron chi connectivity index (χ1n) is 9.20. The third kappa shape index (κ3) is 4.55. The fraction of sp³-hybridized carbons (Fsp3) is 0.227. The molecule has 0 bridgehead atoms. The van der Waals surface area contributed by atoms with Crippen molar-refractivity contribution in [2.24, 2.45) is 0 Å². The summed E-state index contributed by atoms with van der Waals surface area (Å²) >= 11 is 0. The second-order valence-electron chi connectivity index (χ2n) is 6.49. The van der Waals surface area contributed by atoms with Gasteiger partial charge >= 0.3 is 5.97 Å². The molecule has 1 aromatic carbocycles. The molecule has 0 unspecified atom stereocenters. The van der Waals surface area contributed by atoms with Crippen LogP contribution in [0.4, 0.5) is 0 Å². The van der Waals surface area contributed by atoms with Crippen LogP contribution in [0.5, 0.6) is 0 Å². The molecule has 1 amide bonds. The normalized spacial score (nSPS) is 11.5. The zero-order valence-corrected chi connectivity index (χ0v) is 16.2. The standard InChI is InChI=1S/C22H21N3O4/c1-15-19(18(14-23)21(28-15)25-12-6-7-13-25)22(27)29-16(2)20(26)24-11-10-17-8-4-3-5-9-17/h3-9,12-13,16H,10-11H2,1-2H3,(H,24,26)/t16-/m1/s1. The number of benzene rings is 1. The van der Waals surface area contributed by atoms with E-state index in [1.807, 2.05) is 36.4 Å². The quantitative estimate of drug-likeness (QED) is 0.624. The van der Waals surface area contributed by atoms with Crippen molar-refractivity contribution in [2.75, 3.05) is 6.54 Å². The lowest BCUT2D eigenvalue weighted by molar-refractivity contribution is -0.129. The van der Waals surface area contributed by atoms with E-state index in [9.17, 15) is 14.9 Å². The Balaban J connectivity index is 1.64. The number of hydrogen-bond donors (Lipinski definition) is 1. The first-order chi connectivity index (χ1) is 14.0. The highest BCUT2D eigenvalue weighted by molar-refractivity contribution is 5.96. The number of esters is 1. The van der Waals surface area contributed by atoms with Crippen LogP contribution in [0.15, 0.2) is 59.3 Å². The van der Waals surface area contributed by atoms with Gasteiger partial charge in [0, 0.05) is 18.9 Å². The second kappa shape index (κ2) is 8.93. The Hall–Kier alpha value is -3.79. The summed E-state index contributed by atoms with van der Waals surface area (Å²) in [6.07, 6.45) is 3.08. The van der Waals surface area contributed by atoms with Crippen molar-refractivity contribution < 1.29 is 18.7 Å². The predicted octanol–water partition coefficient (Wildman–Crippen LogP) is 3.15. The van der Waals surface area contributed by atoms with Crippen LogP contribution in [0.1, 0.15) is 34.2 Å². The smallest absolute Gasteiger partial charge is 0.343 e. The molecule has 3 rings (SSSR count). The number of nitrogens with one attached hydrogen (secondary N) is 1. The fourth-order valence-corrected chi connectivity index (χ4v) is 2.92. The minimum atomic E-state index is -1.01. The van der Waals surface area contributed by atoms with Crippen LogP contribution in [0, 0.1) is 18.3 Å². The van der Waals surface area contributed by atoms with E-state index >= 15 is 0 Å². The molecule has 2 heterocycles. The van der Waals surface area contributed by atoms with Crippen LogP contribution in [-0.2, 0) is 16.0 Å². The Bertz CT molecular complexity index is 1030. The van der Waals surface area contributed by atoms with Crippen molar-refractivity contribution >= 4 is 11.9 Å². The van der Waals surface area contributed by atoms with Crippen LogP contribution in [0.3, 0.4) is 0 Å². The lowest BCUT2D eigenvalue weighted by Crippen LogP contribution is -2.37. The molecule has 1 N–H and O–H groups in total. The van der Waals surface area contributed by atoms with Crippen molar-refractivity contribution in [3.05, 3.63) is 77.3 Å². The molecule has 0 saturated carbocycles. The van der Waals surface area contributed by atoms with Gasteiger partial charge in [-0.1, -0.05) is 30.3 Å². The average molecular weight is 391 g/mol. The van der Waals surface area contributed by atoms with Gasteiger partial charge in [-0.25, -0.2) is 4.79 Å². The van der Waals surface area contributed by atoms with Gasteiger partial charge in [0.25, 0.3) is 5.91 Å². The van der Waals surface area contributed by atoms with Gasteiger partial charge in [0.2, 0.25) is 5.88 Å². The highest BCUT2D eigenvalue weighted by atomic mass is 16.5. The number of furan rings is 1. The van der Waals surface area contributed by atoms with E-state index in [0.29, 0.717) is 13.0 Å². The summed E-state index contributed by atoms with van der Waals surface area (Å²) in [4.78, 5) is 24.9. The predicted molar refractivity (Wildman–Crippen MR) is 106 cm³/mol. The lowest BCUT2D eigenvalue weighted by atomic mass is 10.1. The van der Waals surface area contributed by atoms with E-state index in [1.165, 1.54) is 6.92 Å². The number of nitriles is 1. The van der Waals surface area contributed by atoms with Crippen LogP contribution >= 0.6 is 0 Å². The molecule has 0 fully saturated rings. The Kier molecular flexibility index (Phi) is 6.15.